The van der Waals surface area contributed by atoms with Crippen LogP contribution in [0.15, 0.2) is 21.9 Å². The van der Waals surface area contributed by atoms with Crippen LogP contribution in [0.25, 0.3) is 0 Å². The van der Waals surface area contributed by atoms with Crippen LogP contribution in [0.5, 0.6) is 0 Å². The minimum Gasteiger partial charge on any atom is -0.351 e. The van der Waals surface area contributed by atoms with E-state index in [0.717, 1.165) is 10.6 Å². The molecule has 0 fully saturated rings. The van der Waals surface area contributed by atoms with Crippen molar-refractivity contribution < 1.29 is 17.9 Å². The quantitative estimate of drug-likeness (QED) is 0.749. The predicted octanol–water partition coefficient (Wildman–Crippen LogP) is 0.0834. The molecule has 1 aromatic rings. The molecule has 0 amide bonds. The maximum absolute atomic E-state index is 11.7. The van der Waals surface area contributed by atoms with Crippen LogP contribution in [0.1, 0.15) is 0 Å². The Hall–Kier alpha value is -1.57. The molecule has 0 bridgehead atoms. The topological polar surface area (TPSA) is 53.2 Å². The first-order valence-corrected chi connectivity index (χ1v) is 4.22. The number of alkyl halides is 3. The number of ether oxygens (including phenoxy) is 1. The molecule has 0 unspecified atom stereocenters. The van der Waals surface area contributed by atoms with E-state index < -0.39 is 30.8 Å². The lowest BCUT2D eigenvalue weighted by Crippen LogP contribution is -2.39. The average molecular weight is 238 g/mol. The van der Waals surface area contributed by atoms with Crippen molar-refractivity contribution in [1.82, 2.24) is 9.13 Å². The summed E-state index contributed by atoms with van der Waals surface area (Å²) in [6, 6.07) is 1.07. The Morgan fingerprint density at radius 1 is 1.38 bits per heavy atom. The molecule has 1 heterocycles. The van der Waals surface area contributed by atoms with E-state index in [1.54, 1.807) is 0 Å². The molecular weight excluding hydrogens is 229 g/mol. The fraction of sp³-hybridized carbons (Fsp3) is 0.500. The van der Waals surface area contributed by atoms with Gasteiger partial charge in [0.25, 0.3) is 5.56 Å². The third-order valence-corrected chi connectivity index (χ3v) is 1.73. The Balaban J connectivity index is 2.79. The molecule has 0 aliphatic carbocycles. The van der Waals surface area contributed by atoms with Crippen LogP contribution >= 0.6 is 0 Å². The second-order valence-electron chi connectivity index (χ2n) is 3.07. The molecule has 5 nitrogen and oxygen atoms in total. The molecule has 0 aliphatic rings. The molecule has 0 atom stereocenters. The highest BCUT2D eigenvalue weighted by Crippen LogP contribution is 2.14. The normalized spacial score (nSPS) is 11.8. The zero-order valence-electron chi connectivity index (χ0n) is 8.32. The lowest BCUT2D eigenvalue weighted by Gasteiger charge is -2.09. The summed E-state index contributed by atoms with van der Waals surface area (Å²) in [4.78, 5) is 22.4. The van der Waals surface area contributed by atoms with Crippen LogP contribution in [0.2, 0.25) is 0 Å². The average Bonchev–Trinajstić information content (AvgIpc) is 2.16. The second kappa shape index (κ2) is 4.52. The third-order valence-electron chi connectivity index (χ3n) is 1.73. The van der Waals surface area contributed by atoms with Crippen LogP contribution in [-0.2, 0) is 18.5 Å². The fourth-order valence-corrected chi connectivity index (χ4v) is 0.985. The lowest BCUT2D eigenvalue weighted by molar-refractivity contribution is -0.182. The van der Waals surface area contributed by atoms with Gasteiger partial charge < -0.3 is 9.30 Å². The Morgan fingerprint density at radius 2 is 2.00 bits per heavy atom. The first kappa shape index (κ1) is 12.5. The molecule has 16 heavy (non-hydrogen) atoms. The van der Waals surface area contributed by atoms with E-state index in [1.165, 1.54) is 13.2 Å². The van der Waals surface area contributed by atoms with E-state index in [0.29, 0.717) is 4.57 Å². The van der Waals surface area contributed by atoms with Gasteiger partial charge in [-0.1, -0.05) is 0 Å². The van der Waals surface area contributed by atoms with Crippen LogP contribution in [0.3, 0.4) is 0 Å². The molecule has 90 valence electrons. The lowest BCUT2D eigenvalue weighted by atomic mass is 10.6. The predicted molar refractivity (Wildman–Crippen MR) is 48.0 cm³/mol. The van der Waals surface area contributed by atoms with E-state index in [2.05, 4.69) is 4.74 Å². The van der Waals surface area contributed by atoms with E-state index in [1.807, 2.05) is 0 Å². The number of aryl methyl sites for hydroxylation is 1. The van der Waals surface area contributed by atoms with E-state index in [9.17, 15) is 22.8 Å². The van der Waals surface area contributed by atoms with E-state index in [-0.39, 0.29) is 0 Å². The Morgan fingerprint density at radius 3 is 2.56 bits per heavy atom. The van der Waals surface area contributed by atoms with Gasteiger partial charge in [0.1, 0.15) is 13.3 Å². The summed E-state index contributed by atoms with van der Waals surface area (Å²) in [5.41, 5.74) is -1.43. The molecule has 8 heteroatoms. The van der Waals surface area contributed by atoms with Crippen molar-refractivity contribution in [3.05, 3.63) is 33.1 Å². The number of halogens is 3. The first-order valence-electron chi connectivity index (χ1n) is 4.22. The largest absolute Gasteiger partial charge is 0.411 e. The molecule has 0 radical (unpaired) electrons. The Kier molecular flexibility index (Phi) is 3.53. The Bertz CT molecular complexity index is 475. The standard InChI is InChI=1S/C8H9F3N2O3/c1-12-3-2-6(14)13(7(12)15)5-16-4-8(9,10)11/h2-3H,4-5H2,1H3. The molecule has 0 saturated carbocycles. The number of rotatable bonds is 3. The smallest absolute Gasteiger partial charge is 0.351 e. The third kappa shape index (κ3) is 3.23. The molecule has 0 aromatic carbocycles. The molecule has 0 N–H and O–H groups in total. The van der Waals surface area contributed by atoms with Crippen molar-refractivity contribution >= 4 is 0 Å². The van der Waals surface area contributed by atoms with Gasteiger partial charge in [-0.3, -0.25) is 4.79 Å². The van der Waals surface area contributed by atoms with Gasteiger partial charge in [-0.2, -0.15) is 13.2 Å². The highest BCUT2D eigenvalue weighted by Gasteiger charge is 2.27. The van der Waals surface area contributed by atoms with Crippen molar-refractivity contribution in [2.24, 2.45) is 7.05 Å². The SMILES string of the molecule is Cn1ccc(=O)n(COCC(F)(F)F)c1=O. The number of hydrogen-bond acceptors (Lipinski definition) is 3. The molecule has 0 aliphatic heterocycles. The van der Waals surface area contributed by atoms with Crippen molar-refractivity contribution in [1.29, 1.82) is 0 Å². The van der Waals surface area contributed by atoms with E-state index >= 15 is 0 Å². The maximum Gasteiger partial charge on any atom is 0.411 e. The summed E-state index contributed by atoms with van der Waals surface area (Å²) in [5, 5.41) is 0. The molecule has 0 saturated heterocycles. The molecule has 1 rings (SSSR count). The van der Waals surface area contributed by atoms with Gasteiger partial charge >= 0.3 is 11.9 Å². The molecular formula is C8H9F3N2O3. The Labute approximate surface area is 87.7 Å². The van der Waals surface area contributed by atoms with Crippen LogP contribution in [0, 0.1) is 0 Å². The van der Waals surface area contributed by atoms with Gasteiger partial charge in [-0.15, -0.1) is 0 Å². The summed E-state index contributed by atoms with van der Waals surface area (Å²) in [6.07, 6.45) is -3.26. The van der Waals surface area contributed by atoms with Gasteiger partial charge in [0, 0.05) is 19.3 Å². The summed E-state index contributed by atoms with van der Waals surface area (Å²) in [7, 11) is 1.38. The van der Waals surface area contributed by atoms with Gasteiger partial charge in [0.05, 0.1) is 0 Å². The first-order chi connectivity index (χ1) is 7.31. The van der Waals surface area contributed by atoms with Gasteiger partial charge in [-0.25, -0.2) is 9.36 Å². The maximum atomic E-state index is 11.7. The van der Waals surface area contributed by atoms with E-state index in [4.69, 9.17) is 0 Å². The van der Waals surface area contributed by atoms with Gasteiger partial charge in [0.2, 0.25) is 0 Å². The van der Waals surface area contributed by atoms with Crippen LogP contribution in [-0.4, -0.2) is 21.9 Å². The van der Waals surface area contributed by atoms with Crippen molar-refractivity contribution in [2.45, 2.75) is 12.9 Å². The summed E-state index contributed by atoms with van der Waals surface area (Å²) in [5.74, 6) is 0. The van der Waals surface area contributed by atoms with Crippen molar-refractivity contribution in [3.63, 3.8) is 0 Å². The minimum atomic E-state index is -4.48. The highest BCUT2D eigenvalue weighted by molar-refractivity contribution is 4.84. The van der Waals surface area contributed by atoms with Crippen molar-refractivity contribution in [2.75, 3.05) is 6.61 Å². The zero-order valence-corrected chi connectivity index (χ0v) is 8.32. The molecule has 1 aromatic heterocycles. The fourth-order valence-electron chi connectivity index (χ4n) is 0.985. The monoisotopic (exact) mass is 238 g/mol. The number of nitrogens with zero attached hydrogens (tertiary/aromatic N) is 2. The van der Waals surface area contributed by atoms with Gasteiger partial charge in [0.15, 0.2) is 0 Å². The number of aromatic nitrogens is 2. The van der Waals surface area contributed by atoms with Gasteiger partial charge in [-0.05, 0) is 0 Å². The second-order valence-corrected chi connectivity index (χ2v) is 3.07. The highest BCUT2D eigenvalue weighted by atomic mass is 19.4. The number of hydrogen-bond donors (Lipinski definition) is 0. The molecule has 0 spiro atoms. The van der Waals surface area contributed by atoms with Crippen LogP contribution in [0.4, 0.5) is 13.2 Å². The summed E-state index contributed by atoms with van der Waals surface area (Å²) in [6.45, 7) is -2.22. The van der Waals surface area contributed by atoms with Crippen molar-refractivity contribution in [3.8, 4) is 0 Å². The van der Waals surface area contributed by atoms with Crippen LogP contribution < -0.4 is 11.2 Å². The summed E-state index contributed by atoms with van der Waals surface area (Å²) >= 11 is 0. The minimum absolute atomic E-state index is 0.575. The zero-order chi connectivity index (χ0) is 12.3. The summed E-state index contributed by atoms with van der Waals surface area (Å²) < 4.78 is 41.1.